The zero-order chi connectivity index (χ0) is 27.1. The molecule has 0 aliphatic heterocycles. The third-order valence-electron chi connectivity index (χ3n) is 5.67. The topological polar surface area (TPSA) is 66.4 Å². The molecule has 0 heterocycles. The Morgan fingerprint density at radius 3 is 2.24 bits per heavy atom. The molecule has 0 aliphatic rings. The average molecular weight is 528 g/mol. The van der Waals surface area contributed by atoms with E-state index in [0.29, 0.717) is 12.1 Å². The number of fused-ring (bicyclic) bond motifs is 1. The molecule has 4 rings (SSSR count). The summed E-state index contributed by atoms with van der Waals surface area (Å²) >= 11 is 0. The number of benzene rings is 4. The quantitative estimate of drug-likeness (QED) is 0.255. The van der Waals surface area contributed by atoms with Crippen molar-refractivity contribution in [2.45, 2.75) is 31.0 Å². The summed E-state index contributed by atoms with van der Waals surface area (Å²) < 4.78 is 67.8. The van der Waals surface area contributed by atoms with Gasteiger partial charge in [0.25, 0.3) is 10.1 Å². The number of nitrogens with one attached hydrogen (secondary N) is 1. The first-order chi connectivity index (χ1) is 17.4. The Bertz CT molecular complexity index is 1460. The normalized spacial score (nSPS) is 12.8. The van der Waals surface area contributed by atoms with Crippen LogP contribution >= 0.6 is 0 Å². The molecule has 0 aromatic heterocycles. The Balaban J connectivity index is 0.000000289. The van der Waals surface area contributed by atoms with E-state index < -0.39 is 21.9 Å². The smallest absolute Gasteiger partial charge is 0.307 e. The number of alkyl halides is 3. The second kappa shape index (κ2) is 12.2. The molecule has 0 radical (unpaired) electrons. The number of hydrogen-bond donors (Lipinski definition) is 2. The molecule has 0 saturated heterocycles. The van der Waals surface area contributed by atoms with Gasteiger partial charge < -0.3 is 5.32 Å². The molecule has 37 heavy (non-hydrogen) atoms. The first kappa shape index (κ1) is 28.1. The highest BCUT2D eigenvalue weighted by atomic mass is 32.2. The first-order valence-electron chi connectivity index (χ1n) is 11.5. The van der Waals surface area contributed by atoms with Gasteiger partial charge in [0.1, 0.15) is 0 Å². The van der Waals surface area contributed by atoms with Crippen LogP contribution in [0.3, 0.4) is 0 Å². The molecular formula is C29H28F3NO3S. The van der Waals surface area contributed by atoms with E-state index in [1.165, 1.54) is 34.5 Å². The standard InChI is InChI=1S/C22H20F3N.C7H8O3S/c1-16(20-13-5-10-18-9-2-3-12-21(18)20)26-14-6-8-17-7-4-11-19(15-17)22(23,24)25;1-6-2-4-7(5-3-6)11(8,9)10/h2-13,15-16,26H,14H2,1H3;2-5H,1H3,(H,8,9,10)/t16-;/m1./s1. The number of rotatable bonds is 6. The first-order valence-corrected chi connectivity index (χ1v) is 13.0. The molecule has 0 saturated carbocycles. The maximum absolute atomic E-state index is 12.7. The summed E-state index contributed by atoms with van der Waals surface area (Å²) in [6.07, 6.45) is -0.764. The second-order valence-electron chi connectivity index (χ2n) is 8.51. The van der Waals surface area contributed by atoms with E-state index in [2.05, 4.69) is 36.5 Å². The molecule has 194 valence electrons. The summed E-state index contributed by atoms with van der Waals surface area (Å²) in [5.41, 5.74) is 2.07. The van der Waals surface area contributed by atoms with Crippen molar-refractivity contribution in [2.24, 2.45) is 0 Å². The molecule has 0 aliphatic carbocycles. The Kier molecular flexibility index (Phi) is 9.26. The van der Waals surface area contributed by atoms with Crippen molar-refractivity contribution >= 4 is 27.0 Å². The highest BCUT2D eigenvalue weighted by molar-refractivity contribution is 7.85. The molecule has 4 aromatic carbocycles. The molecule has 0 amide bonds. The lowest BCUT2D eigenvalue weighted by Crippen LogP contribution is -2.18. The van der Waals surface area contributed by atoms with Crippen molar-refractivity contribution in [3.63, 3.8) is 0 Å². The van der Waals surface area contributed by atoms with E-state index in [1.54, 1.807) is 24.3 Å². The van der Waals surface area contributed by atoms with Gasteiger partial charge in [0.05, 0.1) is 10.5 Å². The largest absolute Gasteiger partial charge is 0.416 e. The van der Waals surface area contributed by atoms with Crippen molar-refractivity contribution in [1.82, 2.24) is 5.32 Å². The Labute approximate surface area is 215 Å². The molecule has 1 atom stereocenters. The van der Waals surface area contributed by atoms with Crippen molar-refractivity contribution in [1.29, 1.82) is 0 Å². The lowest BCUT2D eigenvalue weighted by Gasteiger charge is -2.15. The number of halogens is 3. The summed E-state index contributed by atoms with van der Waals surface area (Å²) in [4.78, 5) is -0.0666. The fourth-order valence-corrected chi connectivity index (χ4v) is 4.19. The van der Waals surface area contributed by atoms with Gasteiger partial charge in [0.2, 0.25) is 0 Å². The fraction of sp³-hybridized carbons (Fsp3) is 0.172. The van der Waals surface area contributed by atoms with Crippen molar-refractivity contribution in [3.05, 3.63) is 119 Å². The van der Waals surface area contributed by atoms with Crippen LogP contribution in [0.4, 0.5) is 13.2 Å². The molecule has 4 aromatic rings. The molecule has 0 unspecified atom stereocenters. The van der Waals surface area contributed by atoms with Crippen molar-refractivity contribution in [3.8, 4) is 0 Å². The van der Waals surface area contributed by atoms with Crippen molar-refractivity contribution in [2.75, 3.05) is 6.54 Å². The van der Waals surface area contributed by atoms with Gasteiger partial charge in [0, 0.05) is 12.6 Å². The summed E-state index contributed by atoms with van der Waals surface area (Å²) in [7, 11) is -4.02. The third kappa shape index (κ3) is 8.28. The third-order valence-corrected chi connectivity index (χ3v) is 6.54. The lowest BCUT2D eigenvalue weighted by molar-refractivity contribution is -0.137. The molecule has 2 N–H and O–H groups in total. The lowest BCUT2D eigenvalue weighted by atomic mass is 10.00. The summed E-state index contributed by atoms with van der Waals surface area (Å²) in [5, 5.41) is 5.80. The monoisotopic (exact) mass is 527 g/mol. The van der Waals surface area contributed by atoms with Crippen LogP contribution in [0.1, 0.15) is 35.2 Å². The van der Waals surface area contributed by atoms with Crippen LogP contribution in [0.2, 0.25) is 0 Å². The molecule has 0 bridgehead atoms. The van der Waals surface area contributed by atoms with Crippen LogP contribution < -0.4 is 5.32 Å². The van der Waals surface area contributed by atoms with Crippen molar-refractivity contribution < 1.29 is 26.1 Å². The molecule has 4 nitrogen and oxygen atoms in total. The average Bonchev–Trinajstić information content (AvgIpc) is 2.86. The zero-order valence-corrected chi connectivity index (χ0v) is 21.2. The van der Waals surface area contributed by atoms with Crippen LogP contribution in [0.25, 0.3) is 16.8 Å². The van der Waals surface area contributed by atoms with Gasteiger partial charge in [-0.3, -0.25) is 4.55 Å². The summed E-state index contributed by atoms with van der Waals surface area (Å²) in [6.45, 7) is 4.49. The Hall–Kier alpha value is -3.46. The van der Waals surface area contributed by atoms with E-state index in [4.69, 9.17) is 4.55 Å². The molecule has 0 fully saturated rings. The highest BCUT2D eigenvalue weighted by Gasteiger charge is 2.30. The summed E-state index contributed by atoms with van der Waals surface area (Å²) in [5.74, 6) is 0. The minimum atomic E-state index is -4.31. The van der Waals surface area contributed by atoms with Crippen LogP contribution in [0.5, 0.6) is 0 Å². The SMILES string of the molecule is C[C@@H](NCC=Cc1cccc(C(F)(F)F)c1)c1cccc2ccccc12.Cc1ccc(S(=O)(=O)O)cc1. The number of aryl methyl sites for hydroxylation is 1. The van der Waals surface area contributed by atoms with Gasteiger partial charge in [0.15, 0.2) is 0 Å². The van der Waals surface area contributed by atoms with Crippen LogP contribution in [0.15, 0.2) is 102 Å². The zero-order valence-electron chi connectivity index (χ0n) is 20.4. The van der Waals surface area contributed by atoms with Crippen LogP contribution in [-0.4, -0.2) is 19.5 Å². The number of hydrogen-bond acceptors (Lipinski definition) is 3. The Morgan fingerprint density at radius 2 is 1.57 bits per heavy atom. The predicted octanol–water partition coefficient (Wildman–Crippen LogP) is 7.46. The highest BCUT2D eigenvalue weighted by Crippen LogP contribution is 2.29. The van der Waals surface area contributed by atoms with Gasteiger partial charge in [-0.15, -0.1) is 0 Å². The van der Waals surface area contributed by atoms with Crippen LogP contribution in [0, 0.1) is 6.92 Å². The fourth-order valence-electron chi connectivity index (χ4n) is 3.71. The molecule has 8 heteroatoms. The van der Waals surface area contributed by atoms with E-state index in [-0.39, 0.29) is 10.9 Å². The van der Waals surface area contributed by atoms with E-state index in [9.17, 15) is 21.6 Å². The van der Waals surface area contributed by atoms with Crippen LogP contribution in [-0.2, 0) is 16.3 Å². The molecular weight excluding hydrogens is 499 g/mol. The second-order valence-corrected chi connectivity index (χ2v) is 9.93. The van der Waals surface area contributed by atoms with Gasteiger partial charge in [-0.25, -0.2) is 0 Å². The van der Waals surface area contributed by atoms with E-state index in [1.807, 2.05) is 31.2 Å². The van der Waals surface area contributed by atoms with E-state index >= 15 is 0 Å². The minimum Gasteiger partial charge on any atom is -0.307 e. The van der Waals surface area contributed by atoms with Gasteiger partial charge >= 0.3 is 6.18 Å². The molecule has 0 spiro atoms. The summed E-state index contributed by atoms with van der Waals surface area (Å²) in [6, 6.07) is 25.9. The Morgan fingerprint density at radius 1 is 0.919 bits per heavy atom. The maximum Gasteiger partial charge on any atom is 0.416 e. The predicted molar refractivity (Wildman–Crippen MR) is 142 cm³/mol. The maximum atomic E-state index is 12.7. The van der Waals surface area contributed by atoms with Gasteiger partial charge in [-0.05, 0) is 60.0 Å². The van der Waals surface area contributed by atoms with E-state index in [0.717, 1.165) is 17.7 Å². The minimum absolute atomic E-state index is 0.0666. The van der Waals surface area contributed by atoms with Gasteiger partial charge in [-0.1, -0.05) is 84.4 Å². The van der Waals surface area contributed by atoms with Gasteiger partial charge in [-0.2, -0.15) is 21.6 Å².